The molecule has 2 rings (SSSR count). The molecule has 6 heteroatoms. The number of nitrogens with zero attached hydrogens (tertiary/aromatic N) is 2. The summed E-state index contributed by atoms with van der Waals surface area (Å²) in [5.74, 6) is -0.619. The Labute approximate surface area is 155 Å². The van der Waals surface area contributed by atoms with Crippen LogP contribution in [0.5, 0.6) is 0 Å². The number of hydrogen-bond donors (Lipinski definition) is 1. The van der Waals surface area contributed by atoms with Crippen molar-refractivity contribution >= 4 is 23.3 Å². The molecule has 1 aliphatic heterocycles. The van der Waals surface area contributed by atoms with Gasteiger partial charge in [-0.25, -0.2) is 9.64 Å². The highest BCUT2D eigenvalue weighted by atomic mass is 16.5. The zero-order chi connectivity index (χ0) is 19.2. The van der Waals surface area contributed by atoms with Crippen LogP contribution in [0.15, 0.2) is 12.1 Å². The Bertz CT molecular complexity index is 716. The minimum atomic E-state index is -0.520. The van der Waals surface area contributed by atoms with Crippen LogP contribution in [-0.2, 0) is 9.53 Å². The molecule has 6 nitrogen and oxygen atoms in total. The van der Waals surface area contributed by atoms with Crippen molar-refractivity contribution in [1.82, 2.24) is 0 Å². The van der Waals surface area contributed by atoms with E-state index in [-0.39, 0.29) is 18.1 Å². The lowest BCUT2D eigenvalue weighted by atomic mass is 10.1. The molecule has 1 heterocycles. The van der Waals surface area contributed by atoms with Crippen LogP contribution in [0, 0.1) is 13.5 Å². The summed E-state index contributed by atoms with van der Waals surface area (Å²) in [6.07, 6.45) is 3.52. The van der Waals surface area contributed by atoms with E-state index in [0.717, 1.165) is 37.0 Å². The first-order valence-corrected chi connectivity index (χ1v) is 9.29. The highest BCUT2D eigenvalue weighted by Gasteiger charge is 2.31. The summed E-state index contributed by atoms with van der Waals surface area (Å²) < 4.78 is 5.89. The van der Waals surface area contributed by atoms with E-state index in [1.807, 2.05) is 0 Å². The number of hydrogen-bond acceptors (Lipinski definition) is 3. The highest BCUT2D eigenvalue weighted by molar-refractivity contribution is 6.03. The van der Waals surface area contributed by atoms with Crippen molar-refractivity contribution in [3.63, 3.8) is 0 Å². The van der Waals surface area contributed by atoms with Gasteiger partial charge in [-0.05, 0) is 51.7 Å². The van der Waals surface area contributed by atoms with Gasteiger partial charge in [-0.2, -0.15) is 0 Å². The fraction of sp³-hybridized carbons (Fsp3) is 0.550. The van der Waals surface area contributed by atoms with Crippen LogP contribution in [0.2, 0.25) is 0 Å². The maximum absolute atomic E-state index is 12.7. The van der Waals surface area contributed by atoms with Gasteiger partial charge < -0.3 is 14.5 Å². The number of esters is 1. The maximum Gasteiger partial charge on any atom is 0.338 e. The topological polar surface area (TPSA) is 59.8 Å². The molecule has 0 aliphatic carbocycles. The molecule has 26 heavy (non-hydrogen) atoms. The molecule has 1 aliphatic rings. The molecule has 0 saturated carbocycles. The molecule has 0 aromatic heterocycles. The standard InChI is InChI=1S/C20H27N3O3/c1-5-23(10-8-7-9-11-23)14-18(24)22-19-15(3)12-16(21-4)13-17(19)20(25)26-6-2/h12-13H,5-11,14H2,1-3H3/p+1. The summed E-state index contributed by atoms with van der Waals surface area (Å²) in [6, 6.07) is 3.16. The number of rotatable bonds is 6. The number of carbonyl (C=O) groups is 2. The smallest absolute Gasteiger partial charge is 0.338 e. The lowest BCUT2D eigenvalue weighted by Gasteiger charge is -2.40. The number of benzene rings is 1. The summed E-state index contributed by atoms with van der Waals surface area (Å²) in [6.45, 7) is 16.4. The van der Waals surface area contributed by atoms with Crippen molar-refractivity contribution < 1.29 is 18.8 Å². The number of nitrogens with one attached hydrogen (secondary N) is 1. The number of carbonyl (C=O) groups excluding carboxylic acids is 2. The van der Waals surface area contributed by atoms with Crippen LogP contribution in [0.25, 0.3) is 4.85 Å². The average Bonchev–Trinajstić information content (AvgIpc) is 2.64. The van der Waals surface area contributed by atoms with E-state index in [1.54, 1.807) is 19.9 Å². The highest BCUT2D eigenvalue weighted by Crippen LogP contribution is 2.28. The van der Waals surface area contributed by atoms with Gasteiger partial charge >= 0.3 is 5.97 Å². The fourth-order valence-corrected chi connectivity index (χ4v) is 3.62. The molecule has 1 saturated heterocycles. The molecule has 140 valence electrons. The summed E-state index contributed by atoms with van der Waals surface area (Å²) in [5, 5.41) is 2.92. The van der Waals surface area contributed by atoms with Crippen LogP contribution < -0.4 is 5.32 Å². The van der Waals surface area contributed by atoms with Crippen molar-refractivity contribution in [2.24, 2.45) is 0 Å². The van der Waals surface area contributed by atoms with Crippen LogP contribution in [-0.4, -0.2) is 49.1 Å². The first-order valence-electron chi connectivity index (χ1n) is 9.29. The minimum absolute atomic E-state index is 0.0991. The quantitative estimate of drug-likeness (QED) is 0.479. The number of quaternary nitrogens is 1. The summed E-state index contributed by atoms with van der Waals surface area (Å²) in [4.78, 5) is 28.4. The van der Waals surface area contributed by atoms with Crippen molar-refractivity contribution in [3.05, 3.63) is 34.7 Å². The van der Waals surface area contributed by atoms with E-state index in [2.05, 4.69) is 17.1 Å². The molecule has 0 unspecified atom stereocenters. The molecule has 1 amide bonds. The average molecular weight is 358 g/mol. The zero-order valence-electron chi connectivity index (χ0n) is 15.9. The van der Waals surface area contributed by atoms with E-state index < -0.39 is 5.97 Å². The van der Waals surface area contributed by atoms with Crippen molar-refractivity contribution in [1.29, 1.82) is 0 Å². The van der Waals surface area contributed by atoms with Gasteiger partial charge in [0.1, 0.15) is 0 Å². The number of amides is 1. The van der Waals surface area contributed by atoms with E-state index >= 15 is 0 Å². The summed E-state index contributed by atoms with van der Waals surface area (Å²) in [5.41, 5.74) is 1.74. The van der Waals surface area contributed by atoms with Crippen LogP contribution in [0.1, 0.15) is 49.0 Å². The fourth-order valence-electron chi connectivity index (χ4n) is 3.62. The Morgan fingerprint density at radius 1 is 1.23 bits per heavy atom. The van der Waals surface area contributed by atoms with Crippen molar-refractivity contribution in [2.75, 3.05) is 38.1 Å². The lowest BCUT2D eigenvalue weighted by Crippen LogP contribution is -2.55. The molecule has 0 spiro atoms. The molecule has 1 fully saturated rings. The molecule has 1 aromatic carbocycles. The Kier molecular flexibility index (Phi) is 6.76. The number of likely N-dealkylation sites (tertiary alicyclic amines) is 1. The van der Waals surface area contributed by atoms with Gasteiger partial charge in [0.2, 0.25) is 0 Å². The molecule has 1 aromatic rings. The molecule has 0 radical (unpaired) electrons. The number of likely N-dealkylation sites (N-methyl/N-ethyl adjacent to an activating group) is 1. The summed E-state index contributed by atoms with van der Waals surface area (Å²) >= 11 is 0. The Balaban J connectivity index is 2.25. The Morgan fingerprint density at radius 2 is 1.92 bits per heavy atom. The van der Waals surface area contributed by atoms with Crippen molar-refractivity contribution in [3.8, 4) is 0 Å². The molecule has 1 N–H and O–H groups in total. The van der Waals surface area contributed by atoms with E-state index in [0.29, 0.717) is 23.5 Å². The first kappa shape index (κ1) is 19.9. The number of anilines is 1. The van der Waals surface area contributed by atoms with Gasteiger partial charge in [0.05, 0.1) is 44.1 Å². The van der Waals surface area contributed by atoms with Gasteiger partial charge in [0, 0.05) is 0 Å². The second kappa shape index (κ2) is 8.81. The Hall–Kier alpha value is -2.39. The second-order valence-electron chi connectivity index (χ2n) is 6.89. The zero-order valence-corrected chi connectivity index (χ0v) is 15.9. The number of ether oxygens (including phenoxy) is 1. The molecular formula is C20H28N3O3+. The third kappa shape index (κ3) is 4.61. The largest absolute Gasteiger partial charge is 0.462 e. The predicted molar refractivity (Wildman–Crippen MR) is 101 cm³/mol. The normalized spacial score (nSPS) is 15.8. The van der Waals surface area contributed by atoms with Crippen LogP contribution >= 0.6 is 0 Å². The predicted octanol–water partition coefficient (Wildman–Crippen LogP) is 3.68. The summed E-state index contributed by atoms with van der Waals surface area (Å²) in [7, 11) is 0. The van der Waals surface area contributed by atoms with Gasteiger partial charge in [-0.15, -0.1) is 0 Å². The second-order valence-corrected chi connectivity index (χ2v) is 6.89. The minimum Gasteiger partial charge on any atom is -0.462 e. The van der Waals surface area contributed by atoms with E-state index in [9.17, 15) is 9.59 Å². The van der Waals surface area contributed by atoms with Gasteiger partial charge in [0.25, 0.3) is 5.91 Å². The maximum atomic E-state index is 12.7. The third-order valence-electron chi connectivity index (χ3n) is 5.12. The third-order valence-corrected chi connectivity index (χ3v) is 5.12. The molecule has 0 bridgehead atoms. The number of aryl methyl sites for hydroxylation is 1. The lowest BCUT2D eigenvalue weighted by molar-refractivity contribution is -0.923. The monoisotopic (exact) mass is 358 g/mol. The first-order chi connectivity index (χ1) is 12.4. The van der Waals surface area contributed by atoms with Crippen LogP contribution in [0.3, 0.4) is 0 Å². The van der Waals surface area contributed by atoms with E-state index in [4.69, 9.17) is 11.3 Å². The number of piperidine rings is 1. The Morgan fingerprint density at radius 3 is 2.50 bits per heavy atom. The van der Waals surface area contributed by atoms with Gasteiger partial charge in [-0.1, -0.05) is 6.07 Å². The molecule has 0 atom stereocenters. The van der Waals surface area contributed by atoms with Crippen LogP contribution in [0.4, 0.5) is 11.4 Å². The van der Waals surface area contributed by atoms with Gasteiger partial charge in [0.15, 0.2) is 12.2 Å². The van der Waals surface area contributed by atoms with Crippen molar-refractivity contribution in [2.45, 2.75) is 40.0 Å². The van der Waals surface area contributed by atoms with Gasteiger partial charge in [-0.3, -0.25) is 4.79 Å². The molecular weight excluding hydrogens is 330 g/mol. The van der Waals surface area contributed by atoms with E-state index in [1.165, 1.54) is 12.5 Å². The SMILES string of the molecule is [C-]#[N+]c1cc(C)c(NC(=O)C[N+]2(CC)CCCCC2)c(C(=O)OCC)c1.